The average molecular weight is 303 g/mol. The van der Waals surface area contributed by atoms with Crippen molar-refractivity contribution in [1.29, 1.82) is 0 Å². The molecule has 2 rings (SSSR count). The number of rotatable bonds is 6. The molecule has 1 aromatic heterocycles. The van der Waals surface area contributed by atoms with E-state index in [1.165, 1.54) is 0 Å². The average Bonchev–Trinajstić information content (AvgIpc) is 2.81. The first-order valence-corrected chi connectivity index (χ1v) is 8.07. The number of aromatic nitrogens is 2. The minimum Gasteiger partial charge on any atom is -0.392 e. The summed E-state index contributed by atoms with van der Waals surface area (Å²) < 4.78 is 2.14. The van der Waals surface area contributed by atoms with E-state index in [1.54, 1.807) is 0 Å². The number of nitrogens with one attached hydrogen (secondary N) is 1. The first-order chi connectivity index (χ1) is 10.2. The summed E-state index contributed by atoms with van der Waals surface area (Å²) in [5.74, 6) is 1.28. The quantitative estimate of drug-likeness (QED) is 0.861. The number of imidazole rings is 1. The Labute approximate surface area is 133 Å². The first-order valence-electron chi connectivity index (χ1n) is 8.07. The standard InChI is InChI=1S/C18H29N3O/c1-12(2)16(22)18(4,5)11-19-13(3)17-20-14-9-7-8-10-15(14)21(17)6/h7-10,12-13,16,19,22H,11H2,1-6H3. The predicted molar refractivity (Wildman–Crippen MR) is 91.8 cm³/mol. The Bertz CT molecular complexity index is 630. The molecule has 0 aliphatic carbocycles. The van der Waals surface area contributed by atoms with Gasteiger partial charge in [0.15, 0.2) is 0 Å². The molecule has 2 unspecified atom stereocenters. The fourth-order valence-electron chi connectivity index (χ4n) is 3.07. The molecule has 0 saturated heterocycles. The van der Waals surface area contributed by atoms with Gasteiger partial charge in [-0.2, -0.15) is 0 Å². The molecule has 2 aromatic rings. The molecule has 0 fully saturated rings. The molecule has 4 nitrogen and oxygen atoms in total. The zero-order valence-corrected chi connectivity index (χ0v) is 14.6. The van der Waals surface area contributed by atoms with Gasteiger partial charge < -0.3 is 15.0 Å². The second-order valence-corrected chi connectivity index (χ2v) is 7.30. The van der Waals surface area contributed by atoms with Crippen molar-refractivity contribution < 1.29 is 5.11 Å². The number of para-hydroxylation sites is 2. The number of hydrogen-bond acceptors (Lipinski definition) is 3. The monoisotopic (exact) mass is 303 g/mol. The third kappa shape index (κ3) is 3.33. The normalized spacial score (nSPS) is 15.5. The highest BCUT2D eigenvalue weighted by Gasteiger charge is 2.30. The van der Waals surface area contributed by atoms with Gasteiger partial charge in [-0.3, -0.25) is 0 Å². The molecule has 4 heteroatoms. The molecule has 0 aliphatic rings. The number of benzene rings is 1. The number of fused-ring (bicyclic) bond motifs is 1. The summed E-state index contributed by atoms with van der Waals surface area (Å²) >= 11 is 0. The van der Waals surface area contributed by atoms with E-state index in [-0.39, 0.29) is 23.5 Å². The van der Waals surface area contributed by atoms with Crippen molar-refractivity contribution >= 4 is 11.0 Å². The van der Waals surface area contributed by atoms with E-state index in [2.05, 4.69) is 57.6 Å². The Hall–Kier alpha value is -1.39. The maximum atomic E-state index is 10.3. The van der Waals surface area contributed by atoms with Crippen LogP contribution in [0.25, 0.3) is 11.0 Å². The van der Waals surface area contributed by atoms with E-state index in [9.17, 15) is 5.11 Å². The van der Waals surface area contributed by atoms with E-state index in [0.29, 0.717) is 0 Å². The van der Waals surface area contributed by atoms with Gasteiger partial charge in [-0.1, -0.05) is 39.8 Å². The van der Waals surface area contributed by atoms with Crippen molar-refractivity contribution in [3.8, 4) is 0 Å². The fourth-order valence-corrected chi connectivity index (χ4v) is 3.07. The van der Waals surface area contributed by atoms with Crippen LogP contribution in [0.1, 0.15) is 46.5 Å². The Balaban J connectivity index is 2.11. The van der Waals surface area contributed by atoms with Gasteiger partial charge >= 0.3 is 0 Å². The van der Waals surface area contributed by atoms with Gasteiger partial charge in [-0.15, -0.1) is 0 Å². The summed E-state index contributed by atoms with van der Waals surface area (Å²) in [6, 6.07) is 8.31. The van der Waals surface area contributed by atoms with Gasteiger partial charge in [0.1, 0.15) is 5.82 Å². The Kier molecular flexibility index (Phi) is 4.93. The lowest BCUT2D eigenvalue weighted by Gasteiger charge is -2.34. The van der Waals surface area contributed by atoms with E-state index < -0.39 is 0 Å². The van der Waals surface area contributed by atoms with Gasteiger partial charge in [0.2, 0.25) is 0 Å². The van der Waals surface area contributed by atoms with Crippen molar-refractivity contribution in [1.82, 2.24) is 14.9 Å². The molecule has 0 bridgehead atoms. The SMILES string of the molecule is CC(NCC(C)(C)C(O)C(C)C)c1nc2ccccc2n1C. The number of aliphatic hydroxyl groups is 1. The molecule has 122 valence electrons. The lowest BCUT2D eigenvalue weighted by atomic mass is 9.80. The van der Waals surface area contributed by atoms with Gasteiger partial charge in [0.05, 0.1) is 23.2 Å². The van der Waals surface area contributed by atoms with Crippen molar-refractivity contribution in [2.45, 2.75) is 46.8 Å². The summed E-state index contributed by atoms with van der Waals surface area (Å²) in [6.07, 6.45) is -0.326. The van der Waals surface area contributed by atoms with Gasteiger partial charge in [0, 0.05) is 19.0 Å². The molecule has 0 spiro atoms. The van der Waals surface area contributed by atoms with E-state index >= 15 is 0 Å². The second-order valence-electron chi connectivity index (χ2n) is 7.30. The highest BCUT2D eigenvalue weighted by Crippen LogP contribution is 2.26. The summed E-state index contributed by atoms with van der Waals surface area (Å²) in [7, 11) is 2.05. The van der Waals surface area contributed by atoms with E-state index in [4.69, 9.17) is 4.98 Å². The van der Waals surface area contributed by atoms with Crippen LogP contribution in [0.2, 0.25) is 0 Å². The van der Waals surface area contributed by atoms with Gasteiger partial charge in [-0.25, -0.2) is 4.98 Å². The smallest absolute Gasteiger partial charge is 0.126 e. The van der Waals surface area contributed by atoms with E-state index in [1.807, 2.05) is 18.2 Å². The molecule has 0 saturated carbocycles. The number of aliphatic hydroxyl groups excluding tert-OH is 1. The molecular formula is C18H29N3O. The maximum absolute atomic E-state index is 10.3. The van der Waals surface area contributed by atoms with Crippen LogP contribution < -0.4 is 5.32 Å². The largest absolute Gasteiger partial charge is 0.392 e. The second kappa shape index (κ2) is 6.39. The molecule has 0 radical (unpaired) electrons. The highest BCUT2D eigenvalue weighted by atomic mass is 16.3. The minimum absolute atomic E-state index is 0.135. The third-order valence-corrected chi connectivity index (χ3v) is 4.51. The molecule has 1 aromatic carbocycles. The zero-order chi connectivity index (χ0) is 16.5. The van der Waals surface area contributed by atoms with Crippen molar-refractivity contribution in [2.75, 3.05) is 6.54 Å². The lowest BCUT2D eigenvalue weighted by molar-refractivity contribution is 0.0122. The minimum atomic E-state index is -0.326. The lowest BCUT2D eigenvalue weighted by Crippen LogP contribution is -2.42. The van der Waals surface area contributed by atoms with Crippen molar-refractivity contribution in [2.24, 2.45) is 18.4 Å². The zero-order valence-electron chi connectivity index (χ0n) is 14.6. The summed E-state index contributed by atoms with van der Waals surface area (Å²) in [5, 5.41) is 13.9. The summed E-state index contributed by atoms with van der Waals surface area (Å²) in [6.45, 7) is 11.2. The molecule has 0 aliphatic heterocycles. The molecule has 0 amide bonds. The highest BCUT2D eigenvalue weighted by molar-refractivity contribution is 5.75. The van der Waals surface area contributed by atoms with Gasteiger partial charge in [-0.05, 0) is 25.0 Å². The van der Waals surface area contributed by atoms with Crippen LogP contribution in [0, 0.1) is 11.3 Å². The molecule has 1 heterocycles. The van der Waals surface area contributed by atoms with Crippen molar-refractivity contribution in [3.63, 3.8) is 0 Å². The number of nitrogens with zero attached hydrogens (tertiary/aromatic N) is 2. The van der Waals surface area contributed by atoms with Crippen LogP contribution in [-0.2, 0) is 7.05 Å². The van der Waals surface area contributed by atoms with Crippen LogP contribution in [0.5, 0.6) is 0 Å². The van der Waals surface area contributed by atoms with Crippen LogP contribution in [-0.4, -0.2) is 27.3 Å². The van der Waals surface area contributed by atoms with Crippen LogP contribution in [0.3, 0.4) is 0 Å². The molecule has 2 atom stereocenters. The van der Waals surface area contributed by atoms with Crippen LogP contribution >= 0.6 is 0 Å². The van der Waals surface area contributed by atoms with Gasteiger partial charge in [0.25, 0.3) is 0 Å². The number of aryl methyl sites for hydroxylation is 1. The predicted octanol–water partition coefficient (Wildman–Crippen LogP) is 3.27. The van der Waals surface area contributed by atoms with Crippen LogP contribution in [0.4, 0.5) is 0 Å². The molecule has 22 heavy (non-hydrogen) atoms. The summed E-state index contributed by atoms with van der Waals surface area (Å²) in [5.41, 5.74) is 2.00. The Morgan fingerprint density at radius 3 is 2.45 bits per heavy atom. The fraction of sp³-hybridized carbons (Fsp3) is 0.611. The Morgan fingerprint density at radius 2 is 1.86 bits per heavy atom. The van der Waals surface area contributed by atoms with Crippen molar-refractivity contribution in [3.05, 3.63) is 30.1 Å². The molecule has 2 N–H and O–H groups in total. The maximum Gasteiger partial charge on any atom is 0.126 e. The summed E-state index contributed by atoms with van der Waals surface area (Å²) in [4.78, 5) is 4.73. The first kappa shape index (κ1) is 17.0. The number of hydrogen-bond donors (Lipinski definition) is 2. The third-order valence-electron chi connectivity index (χ3n) is 4.51. The van der Waals surface area contributed by atoms with E-state index in [0.717, 1.165) is 23.4 Å². The molecular weight excluding hydrogens is 274 g/mol. The topological polar surface area (TPSA) is 50.1 Å². The Morgan fingerprint density at radius 1 is 1.23 bits per heavy atom. The van der Waals surface area contributed by atoms with Crippen LogP contribution in [0.15, 0.2) is 24.3 Å².